The lowest BCUT2D eigenvalue weighted by Gasteiger charge is -2.06. The lowest BCUT2D eigenvalue weighted by atomic mass is 9.97. The first-order chi connectivity index (χ1) is 11.1. The molecule has 0 spiro atoms. The van der Waals surface area contributed by atoms with E-state index in [0.717, 1.165) is 27.6 Å². The minimum Gasteiger partial charge on any atom is -0.456 e. The van der Waals surface area contributed by atoms with E-state index in [4.69, 9.17) is 4.42 Å². The van der Waals surface area contributed by atoms with Crippen LogP contribution >= 0.6 is 0 Å². The Balaban J connectivity index is 2.22. The van der Waals surface area contributed by atoms with Crippen LogP contribution in [0.3, 0.4) is 0 Å². The van der Waals surface area contributed by atoms with Gasteiger partial charge in [-0.05, 0) is 43.7 Å². The van der Waals surface area contributed by atoms with Gasteiger partial charge in [0.2, 0.25) is 5.69 Å². The first-order valence-electron chi connectivity index (χ1n) is 7.64. The second kappa shape index (κ2) is 4.92. The third kappa shape index (κ3) is 1.96. The van der Waals surface area contributed by atoms with Crippen LogP contribution in [0.1, 0.15) is 11.1 Å². The molecular formula is C20H17FNO+. The minimum atomic E-state index is -0.236. The fourth-order valence-corrected chi connectivity index (χ4v) is 3.26. The highest BCUT2D eigenvalue weighted by molar-refractivity contribution is 6.13. The summed E-state index contributed by atoms with van der Waals surface area (Å²) < 4.78 is 21.9. The third-order valence-electron chi connectivity index (χ3n) is 4.51. The molecule has 0 aliphatic rings. The van der Waals surface area contributed by atoms with E-state index < -0.39 is 0 Å². The molecule has 0 bridgehead atoms. The molecule has 4 rings (SSSR count). The zero-order valence-corrected chi connectivity index (χ0v) is 13.4. The molecule has 0 saturated heterocycles. The molecule has 0 aliphatic carbocycles. The van der Waals surface area contributed by atoms with Crippen molar-refractivity contribution in [2.45, 2.75) is 13.8 Å². The zero-order valence-electron chi connectivity index (χ0n) is 13.4. The molecule has 114 valence electrons. The summed E-state index contributed by atoms with van der Waals surface area (Å²) in [6.07, 6.45) is 2.03. The lowest BCUT2D eigenvalue weighted by Crippen LogP contribution is -2.30. The van der Waals surface area contributed by atoms with E-state index in [-0.39, 0.29) is 5.82 Å². The molecule has 4 aromatic rings. The largest absolute Gasteiger partial charge is 0.456 e. The molecule has 2 nitrogen and oxygen atoms in total. The molecule has 0 N–H and O–H groups in total. The van der Waals surface area contributed by atoms with Crippen LogP contribution in [0.15, 0.2) is 53.1 Å². The Bertz CT molecular complexity index is 1060. The van der Waals surface area contributed by atoms with E-state index in [9.17, 15) is 4.39 Å². The van der Waals surface area contributed by atoms with Gasteiger partial charge in [-0.15, -0.1) is 0 Å². The van der Waals surface area contributed by atoms with Crippen LogP contribution in [0, 0.1) is 19.7 Å². The summed E-state index contributed by atoms with van der Waals surface area (Å²) in [7, 11) is 2.03. The summed E-state index contributed by atoms with van der Waals surface area (Å²) in [5.74, 6) is -0.236. The number of rotatable bonds is 1. The maximum atomic E-state index is 13.9. The van der Waals surface area contributed by atoms with E-state index >= 15 is 0 Å². The fraction of sp³-hybridized carbons (Fsp3) is 0.150. The number of fused-ring (bicyclic) bond motifs is 3. The Labute approximate surface area is 133 Å². The number of hydrogen-bond donors (Lipinski definition) is 0. The van der Waals surface area contributed by atoms with E-state index in [1.54, 1.807) is 6.92 Å². The van der Waals surface area contributed by atoms with Gasteiger partial charge in [0.05, 0.1) is 5.56 Å². The quantitative estimate of drug-likeness (QED) is 0.460. The monoisotopic (exact) mass is 306 g/mol. The second-order valence-corrected chi connectivity index (χ2v) is 5.98. The predicted octanol–water partition coefficient (Wildman–Crippen LogP) is 4.83. The molecule has 2 aromatic carbocycles. The molecule has 0 saturated carbocycles. The van der Waals surface area contributed by atoms with Crippen LogP contribution in [0.2, 0.25) is 0 Å². The highest BCUT2D eigenvalue weighted by atomic mass is 19.1. The van der Waals surface area contributed by atoms with Crippen molar-refractivity contribution in [2.75, 3.05) is 0 Å². The molecule has 23 heavy (non-hydrogen) atoms. The number of furan rings is 1. The Morgan fingerprint density at radius 1 is 1.00 bits per heavy atom. The molecule has 0 atom stereocenters. The summed E-state index contributed by atoms with van der Waals surface area (Å²) in [6, 6.07) is 13.5. The summed E-state index contributed by atoms with van der Waals surface area (Å²) >= 11 is 0. The van der Waals surface area contributed by atoms with Gasteiger partial charge in [0, 0.05) is 28.5 Å². The van der Waals surface area contributed by atoms with Gasteiger partial charge in [0.15, 0.2) is 6.20 Å². The van der Waals surface area contributed by atoms with Gasteiger partial charge in [-0.2, -0.15) is 0 Å². The molecule has 0 aliphatic heterocycles. The Morgan fingerprint density at radius 3 is 2.61 bits per heavy atom. The normalized spacial score (nSPS) is 11.5. The van der Waals surface area contributed by atoms with Crippen molar-refractivity contribution >= 4 is 21.9 Å². The molecule has 0 unspecified atom stereocenters. The Morgan fingerprint density at radius 2 is 1.83 bits per heavy atom. The molecule has 2 aromatic heterocycles. The van der Waals surface area contributed by atoms with Crippen molar-refractivity contribution in [1.29, 1.82) is 0 Å². The smallest absolute Gasteiger partial charge is 0.213 e. The molecule has 3 heteroatoms. The standard InChI is InChI=1S/C20H17FNO/c1-12-7-10-17-19(18(12)16-6-4-5-11-22(16)3)14-8-9-15(21)13(2)20(14)23-17/h4-11H,1-3H3/q+1. The number of aromatic nitrogens is 1. The first-order valence-corrected chi connectivity index (χ1v) is 7.64. The molecule has 0 fully saturated rings. The Hall–Kier alpha value is -2.68. The highest BCUT2D eigenvalue weighted by Crippen LogP contribution is 2.38. The minimum absolute atomic E-state index is 0.236. The van der Waals surface area contributed by atoms with E-state index in [0.29, 0.717) is 11.1 Å². The number of hydrogen-bond acceptors (Lipinski definition) is 1. The molecule has 0 amide bonds. The Kier molecular flexibility index (Phi) is 2.98. The lowest BCUT2D eigenvalue weighted by molar-refractivity contribution is -0.660. The van der Waals surface area contributed by atoms with Gasteiger partial charge in [-0.1, -0.05) is 6.07 Å². The summed E-state index contributed by atoms with van der Waals surface area (Å²) in [6.45, 7) is 3.85. The fourth-order valence-electron chi connectivity index (χ4n) is 3.26. The molecule has 2 heterocycles. The number of aryl methyl sites for hydroxylation is 3. The van der Waals surface area contributed by atoms with E-state index in [1.807, 2.05) is 37.5 Å². The topological polar surface area (TPSA) is 17.0 Å². The van der Waals surface area contributed by atoms with Crippen molar-refractivity contribution in [1.82, 2.24) is 0 Å². The third-order valence-corrected chi connectivity index (χ3v) is 4.51. The SMILES string of the molecule is Cc1ccc2oc3c(C)c(F)ccc3c2c1-c1cccc[n+]1C. The van der Waals surface area contributed by atoms with Gasteiger partial charge < -0.3 is 4.42 Å². The van der Waals surface area contributed by atoms with Gasteiger partial charge in [0.1, 0.15) is 24.0 Å². The van der Waals surface area contributed by atoms with Crippen molar-refractivity contribution in [2.24, 2.45) is 7.05 Å². The van der Waals surface area contributed by atoms with Gasteiger partial charge in [-0.25, -0.2) is 8.96 Å². The predicted molar refractivity (Wildman–Crippen MR) is 89.8 cm³/mol. The number of benzene rings is 2. The van der Waals surface area contributed by atoms with Gasteiger partial charge in [0.25, 0.3) is 0 Å². The highest BCUT2D eigenvalue weighted by Gasteiger charge is 2.21. The summed E-state index contributed by atoms with van der Waals surface area (Å²) in [5, 5.41) is 2.01. The van der Waals surface area contributed by atoms with Gasteiger partial charge in [-0.3, -0.25) is 0 Å². The van der Waals surface area contributed by atoms with Crippen LogP contribution in [0.5, 0.6) is 0 Å². The maximum absolute atomic E-state index is 13.9. The van der Waals surface area contributed by atoms with Crippen molar-refractivity contribution < 1.29 is 13.4 Å². The molecular weight excluding hydrogens is 289 g/mol. The average Bonchev–Trinajstić information content (AvgIpc) is 2.91. The van der Waals surface area contributed by atoms with Crippen LogP contribution in [-0.4, -0.2) is 0 Å². The van der Waals surface area contributed by atoms with Crippen molar-refractivity contribution in [3.8, 4) is 11.3 Å². The van der Waals surface area contributed by atoms with Gasteiger partial charge >= 0.3 is 0 Å². The zero-order chi connectivity index (χ0) is 16.1. The molecule has 0 radical (unpaired) electrons. The number of pyridine rings is 1. The number of nitrogens with zero attached hydrogens (tertiary/aromatic N) is 1. The van der Waals surface area contributed by atoms with Crippen LogP contribution in [0.25, 0.3) is 33.2 Å². The van der Waals surface area contributed by atoms with Crippen LogP contribution in [-0.2, 0) is 7.05 Å². The number of halogens is 1. The van der Waals surface area contributed by atoms with Crippen LogP contribution in [0.4, 0.5) is 4.39 Å². The van der Waals surface area contributed by atoms with E-state index in [1.165, 1.54) is 11.6 Å². The van der Waals surface area contributed by atoms with E-state index in [2.05, 4.69) is 23.6 Å². The van der Waals surface area contributed by atoms with Crippen molar-refractivity contribution in [3.05, 3.63) is 65.6 Å². The summed E-state index contributed by atoms with van der Waals surface area (Å²) in [4.78, 5) is 0. The summed E-state index contributed by atoms with van der Waals surface area (Å²) in [5.41, 5.74) is 5.39. The van der Waals surface area contributed by atoms with Crippen molar-refractivity contribution in [3.63, 3.8) is 0 Å². The average molecular weight is 306 g/mol. The first kappa shape index (κ1) is 13.9. The second-order valence-electron chi connectivity index (χ2n) is 5.98. The maximum Gasteiger partial charge on any atom is 0.213 e. The van der Waals surface area contributed by atoms with Crippen LogP contribution < -0.4 is 4.57 Å².